The van der Waals surface area contributed by atoms with Crippen molar-refractivity contribution in [2.45, 2.75) is 44.9 Å². The molecule has 1 fully saturated rings. The van der Waals surface area contributed by atoms with Crippen molar-refractivity contribution in [3.8, 4) is 0 Å². The number of carbonyl (C=O) groups excluding carboxylic acids is 1. The summed E-state index contributed by atoms with van der Waals surface area (Å²) in [6.07, 6.45) is 9.81. The number of Topliss-reactive ketones (excluding diaryl/α,β-unsaturated/α-hetero) is 1. The number of carbonyl (C=O) groups is 1. The lowest BCUT2D eigenvalue weighted by Crippen LogP contribution is -2.05. The number of hydrogen-bond acceptors (Lipinski definition) is 1. The molecule has 1 aromatic carbocycles. The molecule has 1 aliphatic rings. The maximum Gasteiger partial charge on any atom is 0.137 e. The van der Waals surface area contributed by atoms with Crippen LogP contribution in [0.5, 0.6) is 0 Å². The zero-order chi connectivity index (χ0) is 13.1. The number of hydrogen-bond donors (Lipinski definition) is 1. The summed E-state index contributed by atoms with van der Waals surface area (Å²) in [6, 6.07) is 8.19. The minimum atomic E-state index is 0.386. The average molecular weight is 255 g/mol. The van der Waals surface area contributed by atoms with E-state index in [2.05, 4.69) is 17.1 Å². The highest BCUT2D eigenvalue weighted by molar-refractivity contribution is 5.89. The van der Waals surface area contributed by atoms with Gasteiger partial charge in [0.05, 0.1) is 0 Å². The van der Waals surface area contributed by atoms with Crippen molar-refractivity contribution in [2.75, 3.05) is 0 Å². The number of aromatic nitrogens is 1. The monoisotopic (exact) mass is 255 g/mol. The van der Waals surface area contributed by atoms with Gasteiger partial charge >= 0.3 is 0 Å². The Morgan fingerprint density at radius 1 is 1.21 bits per heavy atom. The summed E-state index contributed by atoms with van der Waals surface area (Å²) in [4.78, 5) is 15.3. The van der Waals surface area contributed by atoms with Gasteiger partial charge in [0.25, 0.3) is 0 Å². The first kappa shape index (κ1) is 12.5. The molecule has 1 saturated carbocycles. The third-order valence-electron chi connectivity index (χ3n) is 4.37. The molecule has 3 rings (SSSR count). The molecule has 0 amide bonds. The van der Waals surface area contributed by atoms with E-state index in [0.717, 1.165) is 29.8 Å². The van der Waals surface area contributed by atoms with Gasteiger partial charge in [-0.2, -0.15) is 0 Å². The van der Waals surface area contributed by atoms with Gasteiger partial charge in [0, 0.05) is 29.9 Å². The van der Waals surface area contributed by atoms with Gasteiger partial charge in [0.15, 0.2) is 0 Å². The summed E-state index contributed by atoms with van der Waals surface area (Å²) in [5, 5.41) is 1.19. The van der Waals surface area contributed by atoms with E-state index in [0.29, 0.717) is 12.2 Å². The fourth-order valence-corrected chi connectivity index (χ4v) is 3.24. The van der Waals surface area contributed by atoms with Gasteiger partial charge < -0.3 is 4.98 Å². The van der Waals surface area contributed by atoms with Gasteiger partial charge in [-0.25, -0.2) is 0 Å². The molecule has 0 saturated heterocycles. The van der Waals surface area contributed by atoms with Gasteiger partial charge in [-0.3, -0.25) is 4.79 Å². The molecule has 2 nitrogen and oxygen atoms in total. The SMILES string of the molecule is O=C(CCC1CCCC1)Cc1c[nH]c2ccccc12. The molecule has 1 N–H and O–H groups in total. The number of aromatic amines is 1. The Kier molecular flexibility index (Phi) is 3.67. The van der Waals surface area contributed by atoms with Crippen molar-refractivity contribution in [3.63, 3.8) is 0 Å². The van der Waals surface area contributed by atoms with Crippen molar-refractivity contribution < 1.29 is 4.79 Å². The highest BCUT2D eigenvalue weighted by atomic mass is 16.1. The predicted molar refractivity (Wildman–Crippen MR) is 78.2 cm³/mol. The molecule has 19 heavy (non-hydrogen) atoms. The van der Waals surface area contributed by atoms with Crippen LogP contribution in [-0.2, 0) is 11.2 Å². The molecular formula is C17H21NO. The van der Waals surface area contributed by atoms with Crippen LogP contribution in [0.25, 0.3) is 10.9 Å². The molecule has 0 aliphatic heterocycles. The van der Waals surface area contributed by atoms with Crippen molar-refractivity contribution in [1.82, 2.24) is 4.98 Å². The number of nitrogens with one attached hydrogen (secondary N) is 1. The van der Waals surface area contributed by atoms with Gasteiger partial charge in [0.1, 0.15) is 5.78 Å². The van der Waals surface area contributed by atoms with E-state index in [1.165, 1.54) is 31.1 Å². The van der Waals surface area contributed by atoms with Crippen LogP contribution in [0.3, 0.4) is 0 Å². The molecular weight excluding hydrogens is 234 g/mol. The van der Waals surface area contributed by atoms with Crippen LogP contribution >= 0.6 is 0 Å². The molecule has 1 aliphatic carbocycles. The number of para-hydroxylation sites is 1. The van der Waals surface area contributed by atoms with E-state index in [1.54, 1.807) is 0 Å². The highest BCUT2D eigenvalue weighted by Crippen LogP contribution is 2.29. The second-order valence-corrected chi connectivity index (χ2v) is 5.76. The second-order valence-electron chi connectivity index (χ2n) is 5.76. The topological polar surface area (TPSA) is 32.9 Å². The summed E-state index contributed by atoms with van der Waals surface area (Å²) in [5.41, 5.74) is 2.27. The Bertz CT molecular complexity index is 563. The molecule has 2 heteroatoms. The Hall–Kier alpha value is -1.57. The fraction of sp³-hybridized carbons (Fsp3) is 0.471. The highest BCUT2D eigenvalue weighted by Gasteiger charge is 2.16. The van der Waals surface area contributed by atoms with Crippen molar-refractivity contribution in [1.29, 1.82) is 0 Å². The number of fused-ring (bicyclic) bond motifs is 1. The average Bonchev–Trinajstić information content (AvgIpc) is 3.07. The molecule has 0 radical (unpaired) electrons. The van der Waals surface area contributed by atoms with Crippen LogP contribution in [0.1, 0.15) is 44.1 Å². The number of rotatable bonds is 5. The second kappa shape index (κ2) is 5.60. The van der Waals surface area contributed by atoms with E-state index in [-0.39, 0.29) is 0 Å². The van der Waals surface area contributed by atoms with Crippen LogP contribution in [0.4, 0.5) is 0 Å². The van der Waals surface area contributed by atoms with Crippen LogP contribution in [-0.4, -0.2) is 10.8 Å². The number of ketones is 1. The zero-order valence-corrected chi connectivity index (χ0v) is 11.3. The summed E-state index contributed by atoms with van der Waals surface area (Å²) in [6.45, 7) is 0. The van der Waals surface area contributed by atoms with Gasteiger partial charge in [-0.15, -0.1) is 0 Å². The predicted octanol–water partition coefficient (Wildman–Crippen LogP) is 4.25. The lowest BCUT2D eigenvalue weighted by Gasteiger charge is -2.07. The van der Waals surface area contributed by atoms with Crippen LogP contribution < -0.4 is 0 Å². The molecule has 0 atom stereocenters. The number of H-pyrrole nitrogens is 1. The fourth-order valence-electron chi connectivity index (χ4n) is 3.24. The third-order valence-corrected chi connectivity index (χ3v) is 4.37. The minimum Gasteiger partial charge on any atom is -0.361 e. The largest absolute Gasteiger partial charge is 0.361 e. The first-order valence-electron chi connectivity index (χ1n) is 7.39. The van der Waals surface area contributed by atoms with Gasteiger partial charge in [-0.05, 0) is 24.0 Å². The van der Waals surface area contributed by atoms with E-state index in [1.807, 2.05) is 18.3 Å². The van der Waals surface area contributed by atoms with Crippen molar-refractivity contribution >= 4 is 16.7 Å². The summed E-state index contributed by atoms with van der Waals surface area (Å²) in [5.74, 6) is 1.20. The molecule has 0 unspecified atom stereocenters. The number of benzene rings is 1. The lowest BCUT2D eigenvalue weighted by molar-refractivity contribution is -0.118. The Balaban J connectivity index is 1.59. The standard InChI is InChI=1S/C17H21NO/c19-15(10-9-13-5-1-2-6-13)11-14-12-18-17-8-4-3-7-16(14)17/h3-4,7-8,12-13,18H,1-2,5-6,9-11H2. The minimum absolute atomic E-state index is 0.386. The molecule has 100 valence electrons. The van der Waals surface area contributed by atoms with Crippen molar-refractivity contribution in [2.24, 2.45) is 5.92 Å². The first-order valence-corrected chi connectivity index (χ1v) is 7.39. The molecule has 1 aromatic heterocycles. The molecule has 2 aromatic rings. The van der Waals surface area contributed by atoms with E-state index < -0.39 is 0 Å². The quantitative estimate of drug-likeness (QED) is 0.851. The third kappa shape index (κ3) is 2.89. The van der Waals surface area contributed by atoms with Crippen LogP contribution in [0, 0.1) is 5.92 Å². The maximum absolute atomic E-state index is 12.1. The van der Waals surface area contributed by atoms with Gasteiger partial charge in [-0.1, -0.05) is 43.9 Å². The summed E-state index contributed by atoms with van der Waals surface area (Å²) >= 11 is 0. The first-order chi connectivity index (χ1) is 9.33. The summed E-state index contributed by atoms with van der Waals surface area (Å²) in [7, 11) is 0. The summed E-state index contributed by atoms with van der Waals surface area (Å²) < 4.78 is 0. The smallest absolute Gasteiger partial charge is 0.137 e. The molecule has 0 spiro atoms. The Morgan fingerprint density at radius 3 is 2.84 bits per heavy atom. The van der Waals surface area contributed by atoms with Crippen molar-refractivity contribution in [3.05, 3.63) is 36.0 Å². The van der Waals surface area contributed by atoms with Gasteiger partial charge in [0.2, 0.25) is 0 Å². The lowest BCUT2D eigenvalue weighted by atomic mass is 9.97. The van der Waals surface area contributed by atoms with Crippen LogP contribution in [0.2, 0.25) is 0 Å². The van der Waals surface area contributed by atoms with Crippen LogP contribution in [0.15, 0.2) is 30.5 Å². The normalized spacial score (nSPS) is 16.2. The molecule has 0 bridgehead atoms. The maximum atomic E-state index is 12.1. The zero-order valence-electron chi connectivity index (χ0n) is 11.3. The van der Waals surface area contributed by atoms with E-state index in [9.17, 15) is 4.79 Å². The van der Waals surface area contributed by atoms with E-state index >= 15 is 0 Å². The Labute approximate surface area is 114 Å². The Morgan fingerprint density at radius 2 is 2.00 bits per heavy atom. The van der Waals surface area contributed by atoms with E-state index in [4.69, 9.17) is 0 Å². The molecule has 1 heterocycles.